The smallest absolute Gasteiger partial charge is 0.347 e. The third-order valence-electron chi connectivity index (χ3n) is 5.95. The molecule has 0 saturated heterocycles. The Morgan fingerprint density at radius 1 is 1.26 bits per heavy atom. The number of halogens is 5. The zero-order chi connectivity index (χ0) is 19.5. The Morgan fingerprint density at radius 3 is 2.52 bits per heavy atom. The van der Waals surface area contributed by atoms with Gasteiger partial charge in [-0.2, -0.15) is 13.2 Å². The summed E-state index contributed by atoms with van der Waals surface area (Å²) in [5, 5.41) is 1.95. The van der Waals surface area contributed by atoms with Crippen LogP contribution < -0.4 is 5.32 Å². The Kier molecular flexibility index (Phi) is 4.16. The number of hydrogen-bond acceptors (Lipinski definition) is 2. The van der Waals surface area contributed by atoms with Crippen LogP contribution in [-0.4, -0.2) is 28.2 Å². The largest absolute Gasteiger partial charge is 0.405 e. The van der Waals surface area contributed by atoms with E-state index in [0.717, 1.165) is 25.0 Å². The topological polar surface area (TPSA) is 46.9 Å². The van der Waals surface area contributed by atoms with Gasteiger partial charge in [-0.15, -0.1) is 0 Å². The van der Waals surface area contributed by atoms with Gasteiger partial charge in [0.1, 0.15) is 6.54 Å². The summed E-state index contributed by atoms with van der Waals surface area (Å²) in [4.78, 5) is 16.1. The molecule has 0 spiro atoms. The zero-order valence-corrected chi connectivity index (χ0v) is 14.4. The van der Waals surface area contributed by atoms with Crippen molar-refractivity contribution in [2.75, 3.05) is 6.54 Å². The molecule has 9 heteroatoms. The van der Waals surface area contributed by atoms with Crippen LogP contribution in [0.5, 0.6) is 0 Å². The molecule has 3 unspecified atom stereocenters. The molecule has 1 aromatic carbocycles. The minimum Gasteiger partial charge on any atom is -0.347 e. The summed E-state index contributed by atoms with van der Waals surface area (Å²) in [5.74, 6) is -2.35. The molecule has 0 bridgehead atoms. The molecular weight excluding hydrogens is 369 g/mol. The first-order valence-corrected chi connectivity index (χ1v) is 8.82. The fraction of sp³-hybridized carbons (Fsp3) is 0.556. The van der Waals surface area contributed by atoms with E-state index in [1.807, 2.05) is 9.88 Å². The van der Waals surface area contributed by atoms with Crippen LogP contribution in [0, 0.1) is 35.3 Å². The van der Waals surface area contributed by atoms with Gasteiger partial charge in [0.15, 0.2) is 11.6 Å². The van der Waals surface area contributed by atoms with Crippen LogP contribution in [0.4, 0.5) is 22.0 Å². The van der Waals surface area contributed by atoms with Crippen molar-refractivity contribution in [3.63, 3.8) is 0 Å². The molecule has 0 aliphatic heterocycles. The lowest BCUT2D eigenvalue weighted by Crippen LogP contribution is -2.38. The van der Waals surface area contributed by atoms with E-state index in [0.29, 0.717) is 11.0 Å². The predicted octanol–water partition coefficient (Wildman–Crippen LogP) is 3.83. The number of fused-ring (bicyclic) bond motifs is 2. The molecule has 2 aliphatic rings. The summed E-state index contributed by atoms with van der Waals surface area (Å²) < 4.78 is 65.4. The van der Waals surface area contributed by atoms with Crippen molar-refractivity contribution < 1.29 is 26.7 Å². The van der Waals surface area contributed by atoms with Gasteiger partial charge in [-0.1, -0.05) is 6.92 Å². The second-order valence-electron chi connectivity index (χ2n) is 7.56. The Bertz CT molecular complexity index is 881. The fourth-order valence-electron chi connectivity index (χ4n) is 4.67. The normalized spacial score (nSPS) is 28.2. The number of nitrogens with zero attached hydrogens (tertiary/aromatic N) is 2. The Hall–Kier alpha value is -2.19. The van der Waals surface area contributed by atoms with E-state index in [-0.39, 0.29) is 23.8 Å². The highest BCUT2D eigenvalue weighted by molar-refractivity contribution is 5.79. The number of hydrogen-bond donors (Lipinski definition) is 1. The monoisotopic (exact) mass is 387 g/mol. The zero-order valence-electron chi connectivity index (χ0n) is 14.4. The molecule has 4 nitrogen and oxygen atoms in total. The summed E-state index contributed by atoms with van der Waals surface area (Å²) in [6.07, 6.45) is -1.36. The van der Waals surface area contributed by atoms with Crippen LogP contribution in [0.2, 0.25) is 0 Å². The molecule has 0 radical (unpaired) electrons. The predicted molar refractivity (Wildman–Crippen MR) is 86.6 cm³/mol. The maximum Gasteiger partial charge on any atom is 0.405 e. The van der Waals surface area contributed by atoms with Gasteiger partial charge in [0.2, 0.25) is 5.91 Å². The number of carbonyl (C=O) groups is 1. The Labute approximate surface area is 151 Å². The second-order valence-corrected chi connectivity index (χ2v) is 7.56. The molecule has 2 aromatic rings. The Morgan fingerprint density at radius 2 is 1.89 bits per heavy atom. The van der Waals surface area contributed by atoms with E-state index in [1.54, 1.807) is 13.3 Å². The standard InChI is InChI=1S/C18H18F5N3O/c1-8(17(27)24-6-18(21,22)23)16-10-2-9(3-11(10)16)26-7-25-14-4-12(19)13(20)5-15(14)26/h4-5,7-11,16H,2-3,6H2,1H3,(H,24,27)/t8?,9?,10-,11+,16?. The van der Waals surface area contributed by atoms with Gasteiger partial charge in [0.05, 0.1) is 17.4 Å². The summed E-state index contributed by atoms with van der Waals surface area (Å²) in [7, 11) is 0. The van der Waals surface area contributed by atoms with Gasteiger partial charge in [0.25, 0.3) is 0 Å². The average molecular weight is 387 g/mol. The molecule has 5 atom stereocenters. The van der Waals surface area contributed by atoms with Crippen molar-refractivity contribution in [1.82, 2.24) is 14.9 Å². The highest BCUT2D eigenvalue weighted by Crippen LogP contribution is 2.63. The van der Waals surface area contributed by atoms with E-state index in [1.165, 1.54) is 0 Å². The summed E-state index contributed by atoms with van der Waals surface area (Å²) in [5.41, 5.74) is 0.902. The van der Waals surface area contributed by atoms with E-state index in [4.69, 9.17) is 0 Å². The van der Waals surface area contributed by atoms with Crippen LogP contribution in [0.25, 0.3) is 11.0 Å². The lowest BCUT2D eigenvalue weighted by Gasteiger charge is -2.20. The van der Waals surface area contributed by atoms with Gasteiger partial charge >= 0.3 is 6.18 Å². The first-order valence-electron chi connectivity index (χ1n) is 8.82. The number of aromatic nitrogens is 2. The van der Waals surface area contributed by atoms with Crippen molar-refractivity contribution in [1.29, 1.82) is 0 Å². The van der Waals surface area contributed by atoms with Crippen LogP contribution in [0.3, 0.4) is 0 Å². The number of benzene rings is 1. The van der Waals surface area contributed by atoms with Crippen molar-refractivity contribution >= 4 is 16.9 Å². The molecule has 1 amide bonds. The minimum absolute atomic E-state index is 0.0662. The average Bonchev–Trinajstić information content (AvgIpc) is 2.93. The van der Waals surface area contributed by atoms with Gasteiger partial charge < -0.3 is 9.88 Å². The maximum atomic E-state index is 13.6. The van der Waals surface area contributed by atoms with Gasteiger partial charge in [-0.3, -0.25) is 4.79 Å². The van der Waals surface area contributed by atoms with Crippen molar-refractivity contribution in [3.8, 4) is 0 Å². The fourth-order valence-corrected chi connectivity index (χ4v) is 4.67. The van der Waals surface area contributed by atoms with Gasteiger partial charge in [0, 0.05) is 24.1 Å². The van der Waals surface area contributed by atoms with E-state index < -0.39 is 36.2 Å². The number of alkyl halides is 3. The SMILES string of the molecule is CC(C(=O)NCC(F)(F)F)C1[C@H]2CC(n3cnc4cc(F)c(F)cc43)C[C@@H]12. The minimum atomic E-state index is -4.42. The molecule has 2 fully saturated rings. The molecular formula is C18H18F5N3O. The quantitative estimate of drug-likeness (QED) is 0.811. The molecule has 4 rings (SSSR count). The van der Waals surface area contributed by atoms with Crippen molar-refractivity contribution in [2.45, 2.75) is 32.0 Å². The van der Waals surface area contributed by atoms with Gasteiger partial charge in [-0.25, -0.2) is 13.8 Å². The van der Waals surface area contributed by atoms with Crippen LogP contribution in [-0.2, 0) is 4.79 Å². The molecule has 27 heavy (non-hydrogen) atoms. The molecule has 2 aliphatic carbocycles. The number of amides is 1. The number of nitrogens with one attached hydrogen (secondary N) is 1. The lowest BCUT2D eigenvalue weighted by molar-refractivity contribution is -0.141. The maximum absolute atomic E-state index is 13.6. The van der Waals surface area contributed by atoms with E-state index in [2.05, 4.69) is 4.98 Å². The van der Waals surface area contributed by atoms with E-state index in [9.17, 15) is 26.7 Å². The van der Waals surface area contributed by atoms with Crippen LogP contribution in [0.15, 0.2) is 18.5 Å². The highest BCUT2D eigenvalue weighted by Gasteiger charge is 2.59. The molecule has 146 valence electrons. The third-order valence-corrected chi connectivity index (χ3v) is 5.95. The Balaban J connectivity index is 1.40. The van der Waals surface area contributed by atoms with Crippen LogP contribution in [0.1, 0.15) is 25.8 Å². The number of imidazole rings is 1. The van der Waals surface area contributed by atoms with Crippen molar-refractivity contribution in [3.05, 3.63) is 30.1 Å². The number of rotatable bonds is 4. The van der Waals surface area contributed by atoms with Crippen molar-refractivity contribution in [2.24, 2.45) is 23.7 Å². The van der Waals surface area contributed by atoms with Crippen LogP contribution >= 0.6 is 0 Å². The molecule has 1 aromatic heterocycles. The lowest BCUT2D eigenvalue weighted by atomic mass is 9.96. The second kappa shape index (κ2) is 6.17. The summed E-state index contributed by atoms with van der Waals surface area (Å²) >= 11 is 0. The first-order chi connectivity index (χ1) is 12.7. The summed E-state index contributed by atoms with van der Waals surface area (Å²) in [6, 6.07) is 2.26. The first kappa shape index (κ1) is 18.2. The third kappa shape index (κ3) is 3.27. The molecule has 1 N–H and O–H groups in total. The highest BCUT2D eigenvalue weighted by atomic mass is 19.4. The number of carbonyl (C=O) groups excluding carboxylic acids is 1. The molecule has 1 heterocycles. The molecule has 2 saturated carbocycles. The van der Waals surface area contributed by atoms with E-state index >= 15 is 0 Å². The van der Waals surface area contributed by atoms with Gasteiger partial charge in [-0.05, 0) is 30.6 Å². The summed E-state index contributed by atoms with van der Waals surface area (Å²) in [6.45, 7) is 0.346.